The molecule has 1 atom stereocenters. The van der Waals surface area contributed by atoms with Crippen LogP contribution in [-0.2, 0) is 9.59 Å². The fraction of sp³-hybridized carbons (Fsp3) is 0.182. The number of aromatic nitrogens is 2. The van der Waals surface area contributed by atoms with Crippen molar-refractivity contribution in [1.29, 1.82) is 0 Å². The standard InChI is InChI=1S/C22H21N5O3/c1-12-8-9-13(2)16(10-12)24-20(29)15-11-17(28)25-19-18(15)21(30)27-22(26-19)23-14-6-4-3-5-7-14/h3-10,15H,11H2,1-2H3,(H,24,29)(H3,23,25,26,27,28,30)/t15-/m0/s1. The van der Waals surface area contributed by atoms with Gasteiger partial charge in [-0.25, -0.2) is 0 Å². The van der Waals surface area contributed by atoms with Gasteiger partial charge in [0.15, 0.2) is 0 Å². The van der Waals surface area contributed by atoms with Crippen molar-refractivity contribution >= 4 is 35.0 Å². The van der Waals surface area contributed by atoms with E-state index in [2.05, 4.69) is 25.9 Å². The molecule has 3 aromatic rings. The molecule has 0 saturated heterocycles. The van der Waals surface area contributed by atoms with Gasteiger partial charge in [-0.05, 0) is 43.2 Å². The van der Waals surface area contributed by atoms with Crippen molar-refractivity contribution in [3.8, 4) is 0 Å². The van der Waals surface area contributed by atoms with Gasteiger partial charge in [0.1, 0.15) is 5.82 Å². The first kappa shape index (κ1) is 19.4. The summed E-state index contributed by atoms with van der Waals surface area (Å²) >= 11 is 0. The summed E-state index contributed by atoms with van der Waals surface area (Å²) in [6.45, 7) is 3.81. The summed E-state index contributed by atoms with van der Waals surface area (Å²) in [6, 6.07) is 14.9. The van der Waals surface area contributed by atoms with E-state index in [0.717, 1.165) is 16.8 Å². The largest absolute Gasteiger partial charge is 0.326 e. The van der Waals surface area contributed by atoms with Crippen LogP contribution in [0.5, 0.6) is 0 Å². The van der Waals surface area contributed by atoms with Gasteiger partial charge < -0.3 is 16.0 Å². The Balaban J connectivity index is 1.66. The molecule has 4 rings (SSSR count). The third-order valence-electron chi connectivity index (χ3n) is 4.96. The number of hydrogen-bond donors (Lipinski definition) is 4. The Hall–Kier alpha value is -3.94. The third-order valence-corrected chi connectivity index (χ3v) is 4.96. The van der Waals surface area contributed by atoms with Crippen LogP contribution in [0.3, 0.4) is 0 Å². The highest BCUT2D eigenvalue weighted by Crippen LogP contribution is 2.30. The quantitative estimate of drug-likeness (QED) is 0.534. The Bertz CT molecular complexity index is 1190. The van der Waals surface area contributed by atoms with E-state index < -0.39 is 17.4 Å². The fourth-order valence-corrected chi connectivity index (χ4v) is 3.40. The molecule has 0 bridgehead atoms. The minimum atomic E-state index is -0.935. The molecule has 0 unspecified atom stereocenters. The SMILES string of the molecule is Cc1ccc(C)c(NC(=O)[C@H]2CC(=O)Nc3nc(Nc4ccccc4)[nH]c(=O)c32)c1. The number of aryl methyl sites for hydroxylation is 2. The number of anilines is 4. The Morgan fingerprint density at radius 3 is 2.63 bits per heavy atom. The molecule has 8 nitrogen and oxygen atoms in total. The van der Waals surface area contributed by atoms with Crippen molar-refractivity contribution in [2.45, 2.75) is 26.2 Å². The number of hydrogen-bond acceptors (Lipinski definition) is 5. The number of aromatic amines is 1. The minimum Gasteiger partial charge on any atom is -0.326 e. The molecule has 1 aromatic heterocycles. The summed E-state index contributed by atoms with van der Waals surface area (Å²) in [6.07, 6.45) is -0.125. The number of carbonyl (C=O) groups excluding carboxylic acids is 2. The maximum Gasteiger partial charge on any atom is 0.258 e. The molecule has 4 N–H and O–H groups in total. The van der Waals surface area contributed by atoms with E-state index in [1.165, 1.54) is 0 Å². The summed E-state index contributed by atoms with van der Waals surface area (Å²) < 4.78 is 0. The highest BCUT2D eigenvalue weighted by atomic mass is 16.2. The van der Waals surface area contributed by atoms with Gasteiger partial charge in [0.25, 0.3) is 5.56 Å². The van der Waals surface area contributed by atoms with Crippen LogP contribution in [0, 0.1) is 13.8 Å². The highest BCUT2D eigenvalue weighted by molar-refractivity contribution is 6.04. The predicted octanol–water partition coefficient (Wildman–Crippen LogP) is 3.19. The summed E-state index contributed by atoms with van der Waals surface area (Å²) in [7, 11) is 0. The van der Waals surface area contributed by atoms with E-state index in [0.29, 0.717) is 5.69 Å². The molecule has 152 valence electrons. The Kier molecular flexibility index (Phi) is 5.05. The zero-order valence-corrected chi connectivity index (χ0v) is 16.6. The second kappa shape index (κ2) is 7.82. The summed E-state index contributed by atoms with van der Waals surface area (Å²) in [5.74, 6) is -1.45. The molecule has 0 saturated carbocycles. The number of nitrogens with zero attached hydrogens (tertiary/aromatic N) is 1. The van der Waals surface area contributed by atoms with E-state index in [4.69, 9.17) is 0 Å². The topological polar surface area (TPSA) is 116 Å². The molecule has 2 heterocycles. The van der Waals surface area contributed by atoms with Crippen LogP contribution in [0.15, 0.2) is 53.3 Å². The van der Waals surface area contributed by atoms with Gasteiger partial charge >= 0.3 is 0 Å². The number of amides is 2. The molecule has 0 radical (unpaired) electrons. The first-order chi connectivity index (χ1) is 14.4. The van der Waals surface area contributed by atoms with Crippen molar-refractivity contribution in [3.63, 3.8) is 0 Å². The Morgan fingerprint density at radius 2 is 1.87 bits per heavy atom. The van der Waals surface area contributed by atoms with Gasteiger partial charge in [-0.3, -0.25) is 19.4 Å². The van der Waals surface area contributed by atoms with Crippen molar-refractivity contribution in [3.05, 3.63) is 75.6 Å². The Labute approximate surface area is 172 Å². The lowest BCUT2D eigenvalue weighted by atomic mass is 9.92. The number of carbonyl (C=O) groups is 2. The second-order valence-corrected chi connectivity index (χ2v) is 7.28. The van der Waals surface area contributed by atoms with Crippen LogP contribution in [0.2, 0.25) is 0 Å². The van der Waals surface area contributed by atoms with Crippen LogP contribution < -0.4 is 21.5 Å². The number of para-hydroxylation sites is 1. The lowest BCUT2D eigenvalue weighted by Gasteiger charge is -2.24. The second-order valence-electron chi connectivity index (χ2n) is 7.28. The summed E-state index contributed by atoms with van der Waals surface area (Å²) in [5, 5.41) is 8.44. The number of rotatable bonds is 4. The minimum absolute atomic E-state index is 0.0922. The molecule has 8 heteroatoms. The Morgan fingerprint density at radius 1 is 1.10 bits per heavy atom. The lowest BCUT2D eigenvalue weighted by molar-refractivity contribution is -0.123. The predicted molar refractivity (Wildman–Crippen MR) is 115 cm³/mol. The van der Waals surface area contributed by atoms with Crippen molar-refractivity contribution in [1.82, 2.24) is 9.97 Å². The van der Waals surface area contributed by atoms with Gasteiger partial charge in [-0.1, -0.05) is 30.3 Å². The zero-order valence-electron chi connectivity index (χ0n) is 16.6. The van der Waals surface area contributed by atoms with Gasteiger partial charge in [0.05, 0.1) is 11.5 Å². The van der Waals surface area contributed by atoms with Crippen LogP contribution in [0.4, 0.5) is 23.1 Å². The van der Waals surface area contributed by atoms with Gasteiger partial charge in [-0.2, -0.15) is 4.98 Å². The number of nitrogens with one attached hydrogen (secondary N) is 4. The number of benzene rings is 2. The molecule has 2 aromatic carbocycles. The number of H-pyrrole nitrogens is 1. The van der Waals surface area contributed by atoms with Crippen molar-refractivity contribution in [2.24, 2.45) is 0 Å². The van der Waals surface area contributed by atoms with E-state index in [1.807, 2.05) is 62.4 Å². The van der Waals surface area contributed by atoms with Gasteiger partial charge in [0, 0.05) is 17.8 Å². The highest BCUT2D eigenvalue weighted by Gasteiger charge is 2.35. The number of fused-ring (bicyclic) bond motifs is 1. The van der Waals surface area contributed by atoms with Gasteiger partial charge in [-0.15, -0.1) is 0 Å². The summed E-state index contributed by atoms with van der Waals surface area (Å²) in [4.78, 5) is 45.0. The first-order valence-corrected chi connectivity index (χ1v) is 9.55. The van der Waals surface area contributed by atoms with Gasteiger partial charge in [0.2, 0.25) is 17.8 Å². The van der Waals surface area contributed by atoms with E-state index >= 15 is 0 Å². The molecule has 0 fully saturated rings. The van der Waals surface area contributed by atoms with E-state index in [-0.39, 0.29) is 29.7 Å². The summed E-state index contributed by atoms with van der Waals surface area (Å²) in [5.41, 5.74) is 2.94. The molecule has 1 aliphatic heterocycles. The maximum atomic E-state index is 13.0. The van der Waals surface area contributed by atoms with Crippen LogP contribution in [0.1, 0.15) is 29.0 Å². The zero-order chi connectivity index (χ0) is 21.3. The van der Waals surface area contributed by atoms with Crippen LogP contribution in [-0.4, -0.2) is 21.8 Å². The van der Waals surface area contributed by atoms with Crippen LogP contribution >= 0.6 is 0 Å². The normalized spacial score (nSPS) is 15.1. The average Bonchev–Trinajstić information content (AvgIpc) is 2.70. The van der Waals surface area contributed by atoms with E-state index in [1.54, 1.807) is 0 Å². The monoisotopic (exact) mass is 403 g/mol. The lowest BCUT2D eigenvalue weighted by Crippen LogP contribution is -2.36. The smallest absolute Gasteiger partial charge is 0.258 e. The van der Waals surface area contributed by atoms with E-state index in [9.17, 15) is 14.4 Å². The molecular formula is C22H21N5O3. The molecular weight excluding hydrogens is 382 g/mol. The molecule has 0 aliphatic carbocycles. The third kappa shape index (κ3) is 3.93. The van der Waals surface area contributed by atoms with Crippen molar-refractivity contribution < 1.29 is 9.59 Å². The maximum absolute atomic E-state index is 13.0. The molecule has 1 aliphatic rings. The molecule has 2 amide bonds. The molecule has 0 spiro atoms. The van der Waals surface area contributed by atoms with Crippen molar-refractivity contribution in [2.75, 3.05) is 16.0 Å². The fourth-order valence-electron chi connectivity index (χ4n) is 3.40. The van der Waals surface area contributed by atoms with Crippen LogP contribution in [0.25, 0.3) is 0 Å². The average molecular weight is 403 g/mol. The first-order valence-electron chi connectivity index (χ1n) is 9.55. The molecule has 30 heavy (non-hydrogen) atoms.